The molecular formula is C23H19FN4O2. The molecule has 0 spiro atoms. The van der Waals surface area contributed by atoms with E-state index in [-0.39, 0.29) is 11.7 Å². The maximum absolute atomic E-state index is 13.2. The van der Waals surface area contributed by atoms with Gasteiger partial charge in [0.05, 0.1) is 30.1 Å². The lowest BCUT2D eigenvalue weighted by molar-refractivity contribution is 0.0303. The van der Waals surface area contributed by atoms with Crippen LogP contribution in [0.5, 0.6) is 0 Å². The molecule has 0 saturated carbocycles. The third-order valence-corrected chi connectivity index (χ3v) is 5.20. The van der Waals surface area contributed by atoms with Crippen LogP contribution in [-0.2, 0) is 4.74 Å². The van der Waals surface area contributed by atoms with Gasteiger partial charge in [0.15, 0.2) is 0 Å². The number of amides is 1. The smallest absolute Gasteiger partial charge is 0.254 e. The Morgan fingerprint density at radius 1 is 0.933 bits per heavy atom. The van der Waals surface area contributed by atoms with Crippen LogP contribution in [0.1, 0.15) is 10.4 Å². The predicted octanol–water partition coefficient (Wildman–Crippen LogP) is 3.67. The zero-order valence-corrected chi connectivity index (χ0v) is 16.2. The molecule has 4 aromatic rings. The summed E-state index contributed by atoms with van der Waals surface area (Å²) in [7, 11) is 0. The number of fused-ring (bicyclic) bond motifs is 1. The Bertz CT molecular complexity index is 1210. The Morgan fingerprint density at radius 3 is 2.50 bits per heavy atom. The van der Waals surface area contributed by atoms with E-state index in [1.165, 1.54) is 12.1 Å². The summed E-state index contributed by atoms with van der Waals surface area (Å²) in [5, 5.41) is 4.51. The van der Waals surface area contributed by atoms with Crippen molar-refractivity contribution in [2.75, 3.05) is 26.3 Å². The first-order chi connectivity index (χ1) is 14.7. The van der Waals surface area contributed by atoms with Crippen molar-refractivity contribution in [2.24, 2.45) is 0 Å². The quantitative estimate of drug-likeness (QED) is 0.525. The average Bonchev–Trinajstić information content (AvgIpc) is 3.23. The standard InChI is InChI=1S/C23H19FN4O2/c24-19-6-4-16(5-7-19)22-14-20-13-21(25-15-28(20)26-22)17-2-1-3-18(12-17)23(29)27-8-10-30-11-9-27/h1-7,12-15H,8-11H2. The summed E-state index contributed by atoms with van der Waals surface area (Å²) in [6.45, 7) is 2.35. The molecule has 0 unspecified atom stereocenters. The van der Waals surface area contributed by atoms with Gasteiger partial charge in [0.1, 0.15) is 12.1 Å². The van der Waals surface area contributed by atoms with E-state index < -0.39 is 0 Å². The Morgan fingerprint density at radius 2 is 1.70 bits per heavy atom. The number of ether oxygens (including phenoxy) is 1. The molecule has 1 saturated heterocycles. The fourth-order valence-electron chi connectivity index (χ4n) is 3.58. The van der Waals surface area contributed by atoms with Crippen LogP contribution in [0.3, 0.4) is 0 Å². The van der Waals surface area contributed by atoms with Gasteiger partial charge in [0.25, 0.3) is 5.91 Å². The highest BCUT2D eigenvalue weighted by Crippen LogP contribution is 2.24. The first-order valence-corrected chi connectivity index (χ1v) is 9.76. The Kier molecular flexibility index (Phi) is 4.72. The van der Waals surface area contributed by atoms with Gasteiger partial charge in [0.2, 0.25) is 0 Å². The molecule has 1 aliphatic rings. The molecule has 6 nitrogen and oxygen atoms in total. The summed E-state index contributed by atoms with van der Waals surface area (Å²) in [6.07, 6.45) is 1.65. The molecule has 30 heavy (non-hydrogen) atoms. The molecule has 0 radical (unpaired) electrons. The molecule has 3 heterocycles. The number of benzene rings is 2. The zero-order valence-electron chi connectivity index (χ0n) is 16.2. The highest BCUT2D eigenvalue weighted by Gasteiger charge is 2.19. The molecule has 5 rings (SSSR count). The van der Waals surface area contributed by atoms with E-state index in [4.69, 9.17) is 4.74 Å². The molecular weight excluding hydrogens is 383 g/mol. The number of carbonyl (C=O) groups excluding carboxylic acids is 1. The molecule has 0 atom stereocenters. The van der Waals surface area contributed by atoms with E-state index in [2.05, 4.69) is 10.1 Å². The van der Waals surface area contributed by atoms with E-state index >= 15 is 0 Å². The van der Waals surface area contributed by atoms with E-state index in [1.807, 2.05) is 41.3 Å². The van der Waals surface area contributed by atoms with Gasteiger partial charge in [0, 0.05) is 29.8 Å². The molecule has 1 amide bonds. The lowest BCUT2D eigenvalue weighted by atomic mass is 10.1. The first-order valence-electron chi connectivity index (χ1n) is 9.76. The van der Waals surface area contributed by atoms with Gasteiger partial charge in [-0.15, -0.1) is 0 Å². The molecule has 0 N–H and O–H groups in total. The van der Waals surface area contributed by atoms with E-state index in [1.54, 1.807) is 23.0 Å². The zero-order chi connectivity index (χ0) is 20.5. The number of aromatic nitrogens is 3. The third kappa shape index (κ3) is 3.55. The van der Waals surface area contributed by atoms with Crippen molar-refractivity contribution in [3.63, 3.8) is 0 Å². The van der Waals surface area contributed by atoms with Gasteiger partial charge in [-0.3, -0.25) is 4.79 Å². The summed E-state index contributed by atoms with van der Waals surface area (Å²) >= 11 is 0. The average molecular weight is 402 g/mol. The number of halogens is 1. The van der Waals surface area contributed by atoms with Crippen molar-refractivity contribution in [3.05, 3.63) is 78.4 Å². The molecule has 150 valence electrons. The van der Waals surface area contributed by atoms with Crippen LogP contribution < -0.4 is 0 Å². The highest BCUT2D eigenvalue weighted by molar-refractivity contribution is 5.95. The molecule has 2 aromatic heterocycles. The number of morpholine rings is 1. The number of rotatable bonds is 3. The SMILES string of the molecule is O=C(c1cccc(-c2cc3cc(-c4ccc(F)cc4)nn3cn2)c1)N1CCOCC1. The largest absolute Gasteiger partial charge is 0.378 e. The van der Waals surface area contributed by atoms with Gasteiger partial charge in [-0.1, -0.05) is 12.1 Å². The minimum absolute atomic E-state index is 0.00387. The second-order valence-electron chi connectivity index (χ2n) is 7.17. The van der Waals surface area contributed by atoms with Crippen LogP contribution in [0.15, 0.2) is 67.0 Å². The summed E-state index contributed by atoms with van der Waals surface area (Å²) in [6, 6.07) is 17.6. The fourth-order valence-corrected chi connectivity index (χ4v) is 3.58. The monoisotopic (exact) mass is 402 g/mol. The van der Waals surface area contributed by atoms with E-state index in [0.29, 0.717) is 31.9 Å². The number of hydrogen-bond donors (Lipinski definition) is 0. The number of nitrogens with zero attached hydrogens (tertiary/aromatic N) is 4. The minimum Gasteiger partial charge on any atom is -0.378 e. The van der Waals surface area contributed by atoms with Crippen LogP contribution in [0.25, 0.3) is 28.0 Å². The van der Waals surface area contributed by atoms with Gasteiger partial charge >= 0.3 is 0 Å². The van der Waals surface area contributed by atoms with Crippen LogP contribution in [0, 0.1) is 5.82 Å². The second kappa shape index (κ2) is 7.68. The van der Waals surface area contributed by atoms with Crippen LogP contribution in [-0.4, -0.2) is 51.7 Å². The van der Waals surface area contributed by atoms with Crippen molar-refractivity contribution in [2.45, 2.75) is 0 Å². The third-order valence-electron chi connectivity index (χ3n) is 5.20. The van der Waals surface area contributed by atoms with E-state index in [9.17, 15) is 9.18 Å². The van der Waals surface area contributed by atoms with E-state index in [0.717, 1.165) is 28.0 Å². The summed E-state index contributed by atoms with van der Waals surface area (Å²) in [5.74, 6) is -0.276. The van der Waals surface area contributed by atoms with Crippen LogP contribution in [0.4, 0.5) is 4.39 Å². The lowest BCUT2D eigenvalue weighted by Gasteiger charge is -2.27. The molecule has 1 fully saturated rings. The lowest BCUT2D eigenvalue weighted by Crippen LogP contribution is -2.40. The maximum Gasteiger partial charge on any atom is 0.254 e. The first kappa shape index (κ1) is 18.4. The van der Waals surface area contributed by atoms with Crippen LogP contribution in [0.2, 0.25) is 0 Å². The predicted molar refractivity (Wildman–Crippen MR) is 111 cm³/mol. The van der Waals surface area contributed by atoms with Crippen molar-refractivity contribution in [1.29, 1.82) is 0 Å². The molecule has 7 heteroatoms. The van der Waals surface area contributed by atoms with Gasteiger partial charge in [-0.2, -0.15) is 5.10 Å². The summed E-state index contributed by atoms with van der Waals surface area (Å²) in [5.41, 5.74) is 4.69. The van der Waals surface area contributed by atoms with Gasteiger partial charge in [-0.25, -0.2) is 13.9 Å². The van der Waals surface area contributed by atoms with Crippen molar-refractivity contribution in [3.8, 4) is 22.5 Å². The number of hydrogen-bond acceptors (Lipinski definition) is 4. The van der Waals surface area contributed by atoms with Gasteiger partial charge < -0.3 is 9.64 Å². The Labute approximate surface area is 172 Å². The van der Waals surface area contributed by atoms with Gasteiger partial charge in [-0.05, 0) is 48.5 Å². The number of carbonyl (C=O) groups is 1. The van der Waals surface area contributed by atoms with Crippen molar-refractivity contribution >= 4 is 11.4 Å². The molecule has 2 aromatic carbocycles. The Hall–Kier alpha value is -3.58. The van der Waals surface area contributed by atoms with Crippen LogP contribution >= 0.6 is 0 Å². The molecule has 1 aliphatic heterocycles. The van der Waals surface area contributed by atoms with Crippen molar-refractivity contribution < 1.29 is 13.9 Å². The normalized spacial score (nSPS) is 14.2. The summed E-state index contributed by atoms with van der Waals surface area (Å²) in [4.78, 5) is 19.1. The highest BCUT2D eigenvalue weighted by atomic mass is 19.1. The summed E-state index contributed by atoms with van der Waals surface area (Å²) < 4.78 is 20.2. The second-order valence-corrected chi connectivity index (χ2v) is 7.17. The fraction of sp³-hybridized carbons (Fsp3) is 0.174. The topological polar surface area (TPSA) is 59.7 Å². The van der Waals surface area contributed by atoms with Crippen molar-refractivity contribution in [1.82, 2.24) is 19.5 Å². The molecule has 0 bridgehead atoms. The minimum atomic E-state index is -0.280. The molecule has 0 aliphatic carbocycles. The Balaban J connectivity index is 1.46. The maximum atomic E-state index is 13.2.